The summed E-state index contributed by atoms with van der Waals surface area (Å²) in [6, 6.07) is 1.39. The molecule has 0 unspecified atom stereocenters. The molecule has 0 saturated heterocycles. The molecule has 6 nitrogen and oxygen atoms in total. The fraction of sp³-hybridized carbons (Fsp3) is 0. The zero-order valence-corrected chi connectivity index (χ0v) is 11.5. The quantitative estimate of drug-likeness (QED) is 0.656. The van der Waals surface area contributed by atoms with Crippen LogP contribution in [0, 0.1) is 0 Å². The highest BCUT2D eigenvalue weighted by atomic mass is 35.5. The van der Waals surface area contributed by atoms with Crippen LogP contribution < -0.4 is 11.1 Å². The van der Waals surface area contributed by atoms with Gasteiger partial charge in [0.25, 0.3) is 5.91 Å². The number of carbonyl (C=O) groups excluding carboxylic acids is 1. The van der Waals surface area contributed by atoms with Crippen LogP contribution in [0.5, 0.6) is 0 Å². The summed E-state index contributed by atoms with van der Waals surface area (Å²) in [5.41, 5.74) is 5.95. The van der Waals surface area contributed by atoms with Crippen molar-refractivity contribution in [3.05, 3.63) is 39.5 Å². The van der Waals surface area contributed by atoms with E-state index in [1.807, 2.05) is 0 Å². The number of amides is 1. The first-order chi connectivity index (χ1) is 8.99. The molecular formula is C10H6Cl3N5O. The second-order valence-electron chi connectivity index (χ2n) is 3.39. The number of nitrogens with one attached hydrogen (secondary N) is 1. The van der Waals surface area contributed by atoms with E-state index in [0.717, 1.165) is 0 Å². The van der Waals surface area contributed by atoms with Crippen molar-refractivity contribution in [2.75, 3.05) is 11.1 Å². The first-order valence-corrected chi connectivity index (χ1v) is 6.01. The van der Waals surface area contributed by atoms with Gasteiger partial charge < -0.3 is 11.1 Å². The van der Waals surface area contributed by atoms with Crippen LogP contribution in [0.25, 0.3) is 0 Å². The Balaban J connectivity index is 2.31. The molecule has 0 bridgehead atoms. The second kappa shape index (κ2) is 5.56. The van der Waals surface area contributed by atoms with E-state index in [2.05, 4.69) is 20.3 Å². The first-order valence-electron chi connectivity index (χ1n) is 4.87. The van der Waals surface area contributed by atoms with Gasteiger partial charge in [-0.15, -0.1) is 0 Å². The van der Waals surface area contributed by atoms with Crippen LogP contribution in [0.3, 0.4) is 0 Å². The fourth-order valence-corrected chi connectivity index (χ4v) is 1.70. The monoisotopic (exact) mass is 317 g/mol. The Morgan fingerprint density at radius 1 is 1.16 bits per heavy atom. The minimum atomic E-state index is -0.554. The highest BCUT2D eigenvalue weighted by Gasteiger charge is 2.15. The van der Waals surface area contributed by atoms with Gasteiger partial charge in [-0.3, -0.25) is 4.79 Å². The lowest BCUT2D eigenvalue weighted by atomic mass is 10.2. The van der Waals surface area contributed by atoms with Gasteiger partial charge in [-0.2, -0.15) is 0 Å². The Hall–Kier alpha value is -1.63. The maximum atomic E-state index is 12.0. The van der Waals surface area contributed by atoms with Gasteiger partial charge in [0.15, 0.2) is 11.0 Å². The molecule has 98 valence electrons. The predicted octanol–water partition coefficient (Wildman–Crippen LogP) is 2.67. The Morgan fingerprint density at radius 2 is 1.89 bits per heavy atom. The Labute approximate surface area is 122 Å². The topological polar surface area (TPSA) is 93.8 Å². The number of anilines is 2. The van der Waals surface area contributed by atoms with Crippen molar-refractivity contribution in [2.24, 2.45) is 0 Å². The number of halogens is 3. The molecule has 2 rings (SSSR count). The molecule has 0 atom stereocenters. The Morgan fingerprint density at radius 3 is 2.63 bits per heavy atom. The van der Waals surface area contributed by atoms with E-state index in [1.165, 1.54) is 18.6 Å². The molecule has 2 aromatic heterocycles. The Kier molecular flexibility index (Phi) is 4.04. The molecule has 0 fully saturated rings. The van der Waals surface area contributed by atoms with Crippen molar-refractivity contribution in [2.45, 2.75) is 0 Å². The average Bonchev–Trinajstić information content (AvgIpc) is 2.38. The highest BCUT2D eigenvalue weighted by molar-refractivity contribution is 6.43. The SMILES string of the molecule is Nc1cnc(Cl)c(C(=O)Nc2ncnc(Cl)c2Cl)c1. The number of hydrogen-bond donors (Lipinski definition) is 2. The third-order valence-corrected chi connectivity index (χ3v) is 3.13. The minimum absolute atomic E-state index is 0.0166. The Bertz CT molecular complexity index is 649. The lowest BCUT2D eigenvalue weighted by Crippen LogP contribution is -2.15. The smallest absolute Gasteiger partial charge is 0.260 e. The van der Waals surface area contributed by atoms with Gasteiger partial charge >= 0.3 is 0 Å². The molecule has 2 heterocycles. The number of nitrogen functional groups attached to an aromatic ring is 1. The van der Waals surface area contributed by atoms with Crippen LogP contribution >= 0.6 is 34.8 Å². The number of hydrogen-bond acceptors (Lipinski definition) is 5. The van der Waals surface area contributed by atoms with Crippen molar-refractivity contribution in [1.82, 2.24) is 15.0 Å². The minimum Gasteiger partial charge on any atom is -0.397 e. The van der Waals surface area contributed by atoms with Crippen LogP contribution in [0.15, 0.2) is 18.6 Å². The van der Waals surface area contributed by atoms with E-state index in [0.29, 0.717) is 5.69 Å². The van der Waals surface area contributed by atoms with Gasteiger partial charge in [-0.05, 0) is 6.07 Å². The summed E-state index contributed by atoms with van der Waals surface area (Å²) in [6.07, 6.45) is 2.51. The summed E-state index contributed by atoms with van der Waals surface area (Å²) in [5.74, 6) is -0.480. The van der Waals surface area contributed by atoms with Gasteiger partial charge in [0.2, 0.25) is 0 Å². The van der Waals surface area contributed by atoms with Crippen LogP contribution in [0.1, 0.15) is 10.4 Å². The lowest BCUT2D eigenvalue weighted by molar-refractivity contribution is 0.102. The molecule has 0 aliphatic heterocycles. The van der Waals surface area contributed by atoms with Gasteiger partial charge in [-0.25, -0.2) is 15.0 Å². The molecule has 9 heteroatoms. The molecule has 0 aliphatic carbocycles. The first kappa shape index (κ1) is 13.8. The maximum Gasteiger partial charge on any atom is 0.260 e. The fourth-order valence-electron chi connectivity index (χ4n) is 1.23. The molecular weight excluding hydrogens is 313 g/mol. The van der Waals surface area contributed by atoms with E-state index in [-0.39, 0.29) is 26.7 Å². The van der Waals surface area contributed by atoms with E-state index in [4.69, 9.17) is 40.5 Å². The molecule has 2 aromatic rings. The van der Waals surface area contributed by atoms with E-state index in [1.54, 1.807) is 0 Å². The van der Waals surface area contributed by atoms with Crippen LogP contribution in [-0.2, 0) is 0 Å². The third kappa shape index (κ3) is 3.04. The predicted molar refractivity (Wildman–Crippen MR) is 73.7 cm³/mol. The van der Waals surface area contributed by atoms with Gasteiger partial charge in [-0.1, -0.05) is 34.8 Å². The van der Waals surface area contributed by atoms with Gasteiger partial charge in [0.1, 0.15) is 16.5 Å². The zero-order chi connectivity index (χ0) is 14.0. The summed E-state index contributed by atoms with van der Waals surface area (Å²) >= 11 is 17.4. The summed E-state index contributed by atoms with van der Waals surface area (Å²) in [4.78, 5) is 23.2. The van der Waals surface area contributed by atoms with E-state index >= 15 is 0 Å². The van der Waals surface area contributed by atoms with Crippen molar-refractivity contribution in [3.8, 4) is 0 Å². The van der Waals surface area contributed by atoms with Crippen LogP contribution in [0.2, 0.25) is 15.3 Å². The van der Waals surface area contributed by atoms with Crippen molar-refractivity contribution >= 4 is 52.2 Å². The molecule has 0 saturated carbocycles. The number of nitrogens with zero attached hydrogens (tertiary/aromatic N) is 3. The zero-order valence-electron chi connectivity index (χ0n) is 9.19. The summed E-state index contributed by atoms with van der Waals surface area (Å²) < 4.78 is 0. The molecule has 0 radical (unpaired) electrons. The average molecular weight is 319 g/mol. The van der Waals surface area contributed by atoms with E-state index < -0.39 is 5.91 Å². The largest absolute Gasteiger partial charge is 0.397 e. The number of aromatic nitrogens is 3. The normalized spacial score (nSPS) is 10.3. The number of rotatable bonds is 2. The third-order valence-electron chi connectivity index (χ3n) is 2.08. The van der Waals surface area contributed by atoms with Gasteiger partial charge in [0.05, 0.1) is 17.4 Å². The molecule has 0 aliphatic rings. The number of carbonyl (C=O) groups is 1. The summed E-state index contributed by atoms with van der Waals surface area (Å²) in [6.45, 7) is 0. The molecule has 1 amide bonds. The molecule has 0 aromatic carbocycles. The second-order valence-corrected chi connectivity index (χ2v) is 4.48. The van der Waals surface area contributed by atoms with Crippen LogP contribution in [-0.4, -0.2) is 20.9 Å². The van der Waals surface area contributed by atoms with Gasteiger partial charge in [0, 0.05) is 0 Å². The van der Waals surface area contributed by atoms with Crippen molar-refractivity contribution in [3.63, 3.8) is 0 Å². The number of nitrogens with two attached hydrogens (primary N) is 1. The van der Waals surface area contributed by atoms with Crippen molar-refractivity contribution in [1.29, 1.82) is 0 Å². The standard InChI is InChI=1S/C10H6Cl3N5O/c11-6-8(13)16-3-17-9(6)18-10(19)5-1-4(14)2-15-7(5)12/h1-3H,14H2,(H,16,17,18,19). The molecule has 19 heavy (non-hydrogen) atoms. The highest BCUT2D eigenvalue weighted by Crippen LogP contribution is 2.26. The maximum absolute atomic E-state index is 12.0. The lowest BCUT2D eigenvalue weighted by Gasteiger charge is -2.07. The molecule has 3 N–H and O–H groups in total. The summed E-state index contributed by atoms with van der Waals surface area (Å²) in [5, 5.41) is 2.53. The number of pyridine rings is 1. The van der Waals surface area contributed by atoms with Crippen LogP contribution in [0.4, 0.5) is 11.5 Å². The van der Waals surface area contributed by atoms with E-state index in [9.17, 15) is 4.79 Å². The summed E-state index contributed by atoms with van der Waals surface area (Å²) in [7, 11) is 0. The molecule has 0 spiro atoms. The van der Waals surface area contributed by atoms with Crippen molar-refractivity contribution < 1.29 is 4.79 Å².